The first kappa shape index (κ1) is 15.9. The Hall–Kier alpha value is -1.95. The van der Waals surface area contributed by atoms with Crippen molar-refractivity contribution in [2.24, 2.45) is 0 Å². The molecule has 0 spiro atoms. The van der Waals surface area contributed by atoms with Crippen LogP contribution >= 0.6 is 11.8 Å². The van der Waals surface area contributed by atoms with Crippen molar-refractivity contribution in [2.45, 2.75) is 31.2 Å². The first-order valence-corrected chi connectivity index (χ1v) is 8.47. The molecule has 0 saturated carbocycles. The quantitative estimate of drug-likeness (QED) is 0.488. The molecule has 2 heterocycles. The highest BCUT2D eigenvalue weighted by molar-refractivity contribution is 7.99. The van der Waals surface area contributed by atoms with E-state index in [1.54, 1.807) is 6.20 Å². The van der Waals surface area contributed by atoms with Crippen molar-refractivity contribution >= 4 is 22.8 Å². The minimum absolute atomic E-state index is 0.487. The molecule has 0 saturated heterocycles. The number of unbranched alkanes of at least 4 members (excludes halogenated alkanes) is 1. The van der Waals surface area contributed by atoms with E-state index in [1.165, 1.54) is 23.9 Å². The molecule has 0 fully saturated rings. The number of hydrogen-bond donors (Lipinski definition) is 0. The molecule has 0 atom stereocenters. The summed E-state index contributed by atoms with van der Waals surface area (Å²) in [6.45, 7) is 2.83. The summed E-state index contributed by atoms with van der Waals surface area (Å²) in [5.74, 6) is -0.224. The Bertz CT molecular complexity index is 817. The van der Waals surface area contributed by atoms with Crippen LogP contribution in [0.5, 0.6) is 0 Å². The number of fused-ring (bicyclic) bond motifs is 1. The van der Waals surface area contributed by atoms with E-state index in [0.29, 0.717) is 4.90 Å². The predicted molar refractivity (Wildman–Crippen MR) is 88.6 cm³/mol. The Kier molecular flexibility index (Phi) is 4.91. The Labute approximate surface area is 137 Å². The number of imidazole rings is 1. The number of pyridine rings is 1. The zero-order valence-electron chi connectivity index (χ0n) is 12.8. The molecule has 6 heteroatoms. The van der Waals surface area contributed by atoms with E-state index < -0.39 is 11.6 Å². The first-order chi connectivity index (χ1) is 11.1. The van der Waals surface area contributed by atoms with Crippen molar-refractivity contribution in [1.29, 1.82) is 0 Å². The molecule has 3 aromatic rings. The third-order valence-corrected chi connectivity index (χ3v) is 4.72. The fourth-order valence-electron chi connectivity index (χ4n) is 2.40. The smallest absolute Gasteiger partial charge is 0.139 e. The van der Waals surface area contributed by atoms with Gasteiger partial charge in [0.1, 0.15) is 17.2 Å². The largest absolute Gasteiger partial charge is 0.330 e. The SMILES string of the molecule is Cc1cc2c(cn1)ncn2CCCCSc1ccc(F)cc1F. The van der Waals surface area contributed by atoms with Gasteiger partial charge in [0, 0.05) is 23.2 Å². The summed E-state index contributed by atoms with van der Waals surface area (Å²) in [7, 11) is 0. The summed E-state index contributed by atoms with van der Waals surface area (Å²) < 4.78 is 28.5. The monoisotopic (exact) mass is 333 g/mol. The van der Waals surface area contributed by atoms with Crippen LogP contribution in [-0.2, 0) is 6.54 Å². The number of hydrogen-bond acceptors (Lipinski definition) is 3. The summed E-state index contributed by atoms with van der Waals surface area (Å²) in [4.78, 5) is 9.07. The standard InChI is InChI=1S/C17H17F2N3S/c1-12-8-16-15(10-20-12)21-11-22(16)6-2-3-7-23-17-5-4-13(18)9-14(17)19/h4-5,8-11H,2-3,6-7H2,1H3. The van der Waals surface area contributed by atoms with E-state index in [0.717, 1.165) is 47.9 Å². The van der Waals surface area contributed by atoms with Crippen molar-refractivity contribution in [3.8, 4) is 0 Å². The predicted octanol–water partition coefficient (Wildman–Crippen LogP) is 4.59. The van der Waals surface area contributed by atoms with Gasteiger partial charge in [0.05, 0.1) is 18.0 Å². The van der Waals surface area contributed by atoms with Crippen LogP contribution < -0.4 is 0 Å². The molecular formula is C17H17F2N3S. The number of nitrogens with zero attached hydrogens (tertiary/aromatic N) is 3. The average Bonchev–Trinajstić information content (AvgIpc) is 2.91. The summed E-state index contributed by atoms with van der Waals surface area (Å²) in [5.41, 5.74) is 2.97. The Morgan fingerprint density at radius 3 is 2.83 bits per heavy atom. The van der Waals surface area contributed by atoms with Gasteiger partial charge in [-0.2, -0.15) is 0 Å². The fourth-order valence-corrected chi connectivity index (χ4v) is 3.33. The number of aromatic nitrogens is 3. The van der Waals surface area contributed by atoms with Gasteiger partial charge in [-0.25, -0.2) is 13.8 Å². The van der Waals surface area contributed by atoms with Crippen LogP contribution in [0.25, 0.3) is 11.0 Å². The number of halogens is 2. The Morgan fingerprint density at radius 2 is 2.00 bits per heavy atom. The maximum Gasteiger partial charge on any atom is 0.139 e. The molecule has 0 radical (unpaired) electrons. The molecule has 120 valence electrons. The number of rotatable bonds is 6. The van der Waals surface area contributed by atoms with Gasteiger partial charge in [-0.1, -0.05) is 0 Å². The molecule has 0 unspecified atom stereocenters. The molecular weight excluding hydrogens is 316 g/mol. The Morgan fingerprint density at radius 1 is 1.13 bits per heavy atom. The second kappa shape index (κ2) is 7.08. The maximum atomic E-state index is 13.5. The molecule has 1 aromatic carbocycles. The molecule has 0 aliphatic heterocycles. The van der Waals surface area contributed by atoms with Gasteiger partial charge in [0.15, 0.2) is 0 Å². The van der Waals surface area contributed by atoms with Gasteiger partial charge in [0.2, 0.25) is 0 Å². The van der Waals surface area contributed by atoms with Gasteiger partial charge in [-0.15, -0.1) is 11.8 Å². The maximum absolute atomic E-state index is 13.5. The highest BCUT2D eigenvalue weighted by Crippen LogP contribution is 2.23. The van der Waals surface area contributed by atoms with Gasteiger partial charge < -0.3 is 4.57 Å². The summed E-state index contributed by atoms with van der Waals surface area (Å²) in [6, 6.07) is 5.75. The van der Waals surface area contributed by atoms with Crippen LogP contribution in [-0.4, -0.2) is 20.3 Å². The number of thioether (sulfide) groups is 1. The summed E-state index contributed by atoms with van der Waals surface area (Å²) in [6.07, 6.45) is 5.54. The zero-order valence-corrected chi connectivity index (χ0v) is 13.6. The van der Waals surface area contributed by atoms with Gasteiger partial charge >= 0.3 is 0 Å². The molecule has 0 aliphatic rings. The molecule has 0 N–H and O–H groups in total. The van der Waals surface area contributed by atoms with Crippen LogP contribution in [0.3, 0.4) is 0 Å². The van der Waals surface area contributed by atoms with Crippen LogP contribution in [0.4, 0.5) is 8.78 Å². The third kappa shape index (κ3) is 3.88. The average molecular weight is 333 g/mol. The van der Waals surface area contributed by atoms with Crippen LogP contribution in [0.15, 0.2) is 41.7 Å². The lowest BCUT2D eigenvalue weighted by Crippen LogP contribution is -1.97. The number of aryl methyl sites for hydroxylation is 2. The van der Waals surface area contributed by atoms with E-state index in [4.69, 9.17) is 0 Å². The number of benzene rings is 1. The van der Waals surface area contributed by atoms with E-state index >= 15 is 0 Å². The van der Waals surface area contributed by atoms with E-state index in [1.807, 2.05) is 19.3 Å². The molecule has 0 aliphatic carbocycles. The van der Waals surface area contributed by atoms with Crippen LogP contribution in [0, 0.1) is 18.6 Å². The van der Waals surface area contributed by atoms with E-state index in [9.17, 15) is 8.78 Å². The van der Waals surface area contributed by atoms with Crippen molar-refractivity contribution < 1.29 is 8.78 Å². The van der Waals surface area contributed by atoms with Crippen molar-refractivity contribution in [3.05, 3.63) is 54.1 Å². The molecule has 3 nitrogen and oxygen atoms in total. The summed E-state index contributed by atoms with van der Waals surface area (Å²) >= 11 is 1.42. The van der Waals surface area contributed by atoms with Gasteiger partial charge in [0.25, 0.3) is 0 Å². The lowest BCUT2D eigenvalue weighted by Gasteiger charge is -2.06. The third-order valence-electron chi connectivity index (χ3n) is 3.59. The minimum Gasteiger partial charge on any atom is -0.330 e. The fraction of sp³-hybridized carbons (Fsp3) is 0.294. The lowest BCUT2D eigenvalue weighted by molar-refractivity contribution is 0.565. The Balaban J connectivity index is 1.50. The molecule has 23 heavy (non-hydrogen) atoms. The van der Waals surface area contributed by atoms with Crippen molar-refractivity contribution in [2.75, 3.05) is 5.75 Å². The molecule has 0 bridgehead atoms. The summed E-state index contributed by atoms with van der Waals surface area (Å²) in [5, 5.41) is 0. The van der Waals surface area contributed by atoms with Crippen molar-refractivity contribution in [1.82, 2.24) is 14.5 Å². The van der Waals surface area contributed by atoms with E-state index in [2.05, 4.69) is 14.5 Å². The van der Waals surface area contributed by atoms with Crippen LogP contribution in [0.2, 0.25) is 0 Å². The first-order valence-electron chi connectivity index (χ1n) is 7.49. The van der Waals surface area contributed by atoms with Crippen molar-refractivity contribution in [3.63, 3.8) is 0 Å². The molecule has 0 amide bonds. The topological polar surface area (TPSA) is 30.7 Å². The zero-order chi connectivity index (χ0) is 16.2. The van der Waals surface area contributed by atoms with Gasteiger partial charge in [-0.05, 0) is 43.7 Å². The van der Waals surface area contributed by atoms with Crippen LogP contribution in [0.1, 0.15) is 18.5 Å². The van der Waals surface area contributed by atoms with E-state index in [-0.39, 0.29) is 0 Å². The normalized spacial score (nSPS) is 11.3. The minimum atomic E-state index is -0.538. The molecule has 2 aromatic heterocycles. The second-order valence-corrected chi connectivity index (χ2v) is 6.52. The highest BCUT2D eigenvalue weighted by atomic mass is 32.2. The molecule has 3 rings (SSSR count). The van der Waals surface area contributed by atoms with Gasteiger partial charge in [-0.3, -0.25) is 4.98 Å². The highest BCUT2D eigenvalue weighted by Gasteiger charge is 2.05. The lowest BCUT2D eigenvalue weighted by atomic mass is 10.3. The second-order valence-electron chi connectivity index (χ2n) is 5.38.